The van der Waals surface area contributed by atoms with Gasteiger partial charge in [0.05, 0.1) is 7.11 Å². The number of nitrogens with one attached hydrogen (secondary N) is 1. The lowest BCUT2D eigenvalue weighted by Gasteiger charge is -2.16. The molecule has 3 nitrogen and oxygen atoms in total. The highest BCUT2D eigenvalue weighted by Crippen LogP contribution is 2.35. The average Bonchev–Trinajstić information content (AvgIpc) is 2.72. The highest BCUT2D eigenvalue weighted by atomic mass is 35.5. The third kappa shape index (κ3) is 6.28. The van der Waals surface area contributed by atoms with Crippen LogP contribution < -0.4 is 14.8 Å². The summed E-state index contributed by atoms with van der Waals surface area (Å²) in [6, 6.07) is 19.2. The molecule has 6 heteroatoms. The van der Waals surface area contributed by atoms with Crippen LogP contribution >= 0.6 is 34.8 Å². The zero-order valence-electron chi connectivity index (χ0n) is 16.1. The lowest BCUT2D eigenvalue weighted by atomic mass is 10.1. The number of hydrogen-bond acceptors (Lipinski definition) is 3. The van der Waals surface area contributed by atoms with Gasteiger partial charge in [0.15, 0.2) is 11.5 Å². The summed E-state index contributed by atoms with van der Waals surface area (Å²) in [5, 5.41) is 5.34. The fraction of sp³-hybridized carbons (Fsp3) is 0.217. The van der Waals surface area contributed by atoms with Gasteiger partial charge >= 0.3 is 0 Å². The molecule has 3 aromatic carbocycles. The lowest BCUT2D eigenvalue weighted by molar-refractivity contribution is 0.280. The average molecular weight is 451 g/mol. The van der Waals surface area contributed by atoms with E-state index in [1.54, 1.807) is 19.2 Å². The molecule has 0 atom stereocenters. The van der Waals surface area contributed by atoms with Crippen molar-refractivity contribution in [2.24, 2.45) is 0 Å². The molecule has 0 heterocycles. The minimum Gasteiger partial charge on any atom is -0.493 e. The fourth-order valence-electron chi connectivity index (χ4n) is 2.97. The second kappa shape index (κ2) is 10.7. The highest BCUT2D eigenvalue weighted by molar-refractivity contribution is 6.35. The summed E-state index contributed by atoms with van der Waals surface area (Å²) in [7, 11) is 1.61. The first-order valence-electron chi connectivity index (χ1n) is 9.24. The minimum atomic E-state index is 0.451. The van der Waals surface area contributed by atoms with Crippen LogP contribution in [-0.2, 0) is 19.6 Å². The largest absolute Gasteiger partial charge is 0.493 e. The predicted octanol–water partition coefficient (Wildman–Crippen LogP) is 6.57. The monoisotopic (exact) mass is 449 g/mol. The third-order valence-electron chi connectivity index (χ3n) is 4.44. The Bertz CT molecular complexity index is 948. The Balaban J connectivity index is 1.66. The van der Waals surface area contributed by atoms with Crippen molar-refractivity contribution < 1.29 is 9.47 Å². The number of benzene rings is 3. The Kier molecular flexibility index (Phi) is 8.08. The first-order chi connectivity index (χ1) is 14.1. The van der Waals surface area contributed by atoms with Crippen LogP contribution in [0.5, 0.6) is 11.5 Å². The summed E-state index contributed by atoms with van der Waals surface area (Å²) in [5.74, 6) is 1.31. The molecule has 0 fully saturated rings. The maximum atomic E-state index is 6.27. The van der Waals surface area contributed by atoms with Gasteiger partial charge in [-0.25, -0.2) is 0 Å². The van der Waals surface area contributed by atoms with Gasteiger partial charge in [0.25, 0.3) is 0 Å². The van der Waals surface area contributed by atoms with Gasteiger partial charge in [-0.2, -0.15) is 0 Å². The van der Waals surface area contributed by atoms with E-state index in [-0.39, 0.29) is 0 Å². The molecule has 0 saturated carbocycles. The van der Waals surface area contributed by atoms with Gasteiger partial charge < -0.3 is 14.8 Å². The molecule has 152 valence electrons. The molecule has 3 aromatic rings. The topological polar surface area (TPSA) is 30.5 Å². The molecule has 0 aliphatic heterocycles. The molecule has 0 spiro atoms. The van der Waals surface area contributed by atoms with E-state index in [0.717, 1.165) is 29.7 Å². The van der Waals surface area contributed by atoms with Crippen LogP contribution in [0.1, 0.15) is 16.7 Å². The summed E-state index contributed by atoms with van der Waals surface area (Å²) in [4.78, 5) is 0. The molecule has 0 bridgehead atoms. The van der Waals surface area contributed by atoms with E-state index in [4.69, 9.17) is 44.3 Å². The van der Waals surface area contributed by atoms with Crippen molar-refractivity contribution in [1.82, 2.24) is 5.32 Å². The van der Waals surface area contributed by atoms with Gasteiger partial charge in [-0.05, 0) is 42.3 Å². The van der Waals surface area contributed by atoms with Crippen LogP contribution in [0.2, 0.25) is 15.1 Å². The van der Waals surface area contributed by atoms with Crippen LogP contribution in [0.25, 0.3) is 0 Å². The summed E-state index contributed by atoms with van der Waals surface area (Å²) < 4.78 is 11.6. The summed E-state index contributed by atoms with van der Waals surface area (Å²) in [6.45, 7) is 1.78. The number of halogens is 3. The zero-order chi connectivity index (χ0) is 20.6. The summed E-state index contributed by atoms with van der Waals surface area (Å²) >= 11 is 18.5. The predicted molar refractivity (Wildman–Crippen MR) is 121 cm³/mol. The molecule has 0 saturated heterocycles. The molecule has 0 amide bonds. The first-order valence-corrected chi connectivity index (χ1v) is 10.4. The van der Waals surface area contributed by atoms with Gasteiger partial charge in [0.2, 0.25) is 0 Å². The zero-order valence-corrected chi connectivity index (χ0v) is 18.3. The van der Waals surface area contributed by atoms with Gasteiger partial charge in [0, 0.05) is 33.2 Å². The van der Waals surface area contributed by atoms with Crippen molar-refractivity contribution in [3.63, 3.8) is 0 Å². The number of methoxy groups -OCH3 is 1. The molecule has 29 heavy (non-hydrogen) atoms. The summed E-state index contributed by atoms with van der Waals surface area (Å²) in [6.07, 6.45) is 0.786. The van der Waals surface area contributed by atoms with Crippen molar-refractivity contribution >= 4 is 34.8 Å². The quantitative estimate of drug-likeness (QED) is 0.374. The Morgan fingerprint density at radius 3 is 2.38 bits per heavy atom. The van der Waals surface area contributed by atoms with Crippen molar-refractivity contribution in [3.8, 4) is 11.5 Å². The van der Waals surface area contributed by atoms with Gasteiger partial charge in [-0.1, -0.05) is 71.2 Å². The van der Waals surface area contributed by atoms with Crippen molar-refractivity contribution in [1.29, 1.82) is 0 Å². The van der Waals surface area contributed by atoms with Crippen LogP contribution in [0, 0.1) is 0 Å². The third-order valence-corrected chi connectivity index (χ3v) is 5.25. The maximum Gasteiger partial charge on any atom is 0.166 e. The van der Waals surface area contributed by atoms with E-state index in [1.807, 2.05) is 48.5 Å². The second-order valence-electron chi connectivity index (χ2n) is 6.53. The molecule has 0 aliphatic carbocycles. The van der Waals surface area contributed by atoms with E-state index >= 15 is 0 Å². The normalized spacial score (nSPS) is 10.8. The number of ether oxygens (including phenoxy) is 2. The van der Waals surface area contributed by atoms with Crippen molar-refractivity contribution in [3.05, 3.63) is 92.4 Å². The van der Waals surface area contributed by atoms with Crippen LogP contribution in [-0.4, -0.2) is 13.7 Å². The molecule has 1 N–H and O–H groups in total. The lowest BCUT2D eigenvalue weighted by Crippen LogP contribution is -2.17. The van der Waals surface area contributed by atoms with E-state index in [9.17, 15) is 0 Å². The van der Waals surface area contributed by atoms with Crippen molar-refractivity contribution in [2.45, 2.75) is 19.6 Å². The van der Waals surface area contributed by atoms with Crippen LogP contribution in [0.3, 0.4) is 0 Å². The fourth-order valence-corrected chi connectivity index (χ4v) is 3.70. The van der Waals surface area contributed by atoms with Crippen LogP contribution in [0.15, 0.2) is 60.7 Å². The molecule has 0 aromatic heterocycles. The van der Waals surface area contributed by atoms with E-state index < -0.39 is 0 Å². The summed E-state index contributed by atoms with van der Waals surface area (Å²) in [5.41, 5.74) is 3.07. The van der Waals surface area contributed by atoms with Gasteiger partial charge in [-0.15, -0.1) is 0 Å². The molecule has 0 aliphatic rings. The number of hydrogen-bond donors (Lipinski definition) is 1. The van der Waals surface area contributed by atoms with E-state index in [0.29, 0.717) is 39.7 Å². The Morgan fingerprint density at radius 1 is 0.862 bits per heavy atom. The van der Waals surface area contributed by atoms with Gasteiger partial charge in [0.1, 0.15) is 6.61 Å². The minimum absolute atomic E-state index is 0.451. The van der Waals surface area contributed by atoms with E-state index in [2.05, 4.69) is 5.32 Å². The number of rotatable bonds is 9. The van der Waals surface area contributed by atoms with Gasteiger partial charge in [-0.3, -0.25) is 0 Å². The SMILES string of the molecule is COc1cc(Cl)cc(CNCCc2ccc(Cl)cc2Cl)c1OCc1ccccc1. The van der Waals surface area contributed by atoms with Crippen LogP contribution in [0.4, 0.5) is 0 Å². The maximum absolute atomic E-state index is 6.27. The molecule has 0 radical (unpaired) electrons. The molecule has 0 unspecified atom stereocenters. The Hall–Kier alpha value is -1.91. The Morgan fingerprint density at radius 2 is 1.66 bits per heavy atom. The Labute approximate surface area is 186 Å². The molecular formula is C23H22Cl3NO2. The second-order valence-corrected chi connectivity index (χ2v) is 7.81. The first kappa shape index (κ1) is 21.8. The van der Waals surface area contributed by atoms with Crippen molar-refractivity contribution in [2.75, 3.05) is 13.7 Å². The standard InChI is InChI=1S/C23H22Cl3NO2/c1-28-22-13-20(25)11-18(23(22)29-15-16-5-3-2-4-6-16)14-27-10-9-17-7-8-19(24)12-21(17)26/h2-8,11-13,27H,9-10,14-15H2,1H3. The molecule has 3 rings (SSSR count). The highest BCUT2D eigenvalue weighted by Gasteiger charge is 2.13. The molecular weight excluding hydrogens is 429 g/mol. The smallest absolute Gasteiger partial charge is 0.166 e. The van der Waals surface area contributed by atoms with E-state index in [1.165, 1.54) is 0 Å².